The number of nitrogens with one attached hydrogen (secondary N) is 2. The molecule has 1 aromatic carbocycles. The third-order valence-electron chi connectivity index (χ3n) is 2.02. The van der Waals surface area contributed by atoms with Gasteiger partial charge < -0.3 is 11.1 Å². The van der Waals surface area contributed by atoms with Crippen molar-refractivity contribution in [3.8, 4) is 0 Å². The smallest absolute Gasteiger partial charge is 0.258 e. The molecule has 16 heavy (non-hydrogen) atoms. The van der Waals surface area contributed by atoms with Crippen LogP contribution in [0.25, 0.3) is 0 Å². The van der Waals surface area contributed by atoms with E-state index in [4.69, 9.17) is 17.3 Å². The van der Waals surface area contributed by atoms with Crippen LogP contribution in [0.1, 0.15) is 10.4 Å². The number of aromatic amines is 1. The molecule has 0 aliphatic carbocycles. The van der Waals surface area contributed by atoms with E-state index in [1.54, 1.807) is 18.2 Å². The highest BCUT2D eigenvalue weighted by atomic mass is 35.5. The van der Waals surface area contributed by atoms with Crippen LogP contribution in [-0.4, -0.2) is 16.1 Å². The molecule has 82 valence electrons. The number of carbonyl (C=O) groups excluding carboxylic acids is 1. The summed E-state index contributed by atoms with van der Waals surface area (Å²) < 4.78 is 0. The van der Waals surface area contributed by atoms with E-state index in [1.807, 2.05) is 0 Å². The molecular weight excluding hydrogens is 228 g/mol. The number of carbonyl (C=O) groups is 1. The second kappa shape index (κ2) is 4.24. The number of hydrogen-bond donors (Lipinski definition) is 3. The van der Waals surface area contributed by atoms with Crippen molar-refractivity contribution in [2.75, 3.05) is 11.1 Å². The second-order valence-electron chi connectivity index (χ2n) is 3.18. The number of nitrogen functional groups attached to an aromatic ring is 1. The maximum Gasteiger partial charge on any atom is 0.258 e. The van der Waals surface area contributed by atoms with Crippen LogP contribution in [0.4, 0.5) is 11.4 Å². The highest BCUT2D eigenvalue weighted by molar-refractivity contribution is 6.33. The van der Waals surface area contributed by atoms with Crippen LogP contribution in [-0.2, 0) is 0 Å². The predicted octanol–water partition coefficient (Wildman–Crippen LogP) is 1.90. The van der Waals surface area contributed by atoms with Gasteiger partial charge >= 0.3 is 0 Å². The van der Waals surface area contributed by atoms with Crippen molar-refractivity contribution in [1.29, 1.82) is 0 Å². The van der Waals surface area contributed by atoms with E-state index in [1.165, 1.54) is 12.4 Å². The summed E-state index contributed by atoms with van der Waals surface area (Å²) in [5.41, 5.74) is 7.07. The molecule has 0 saturated carbocycles. The lowest BCUT2D eigenvalue weighted by Gasteiger charge is -2.05. The molecule has 0 atom stereocenters. The number of hydrogen-bond acceptors (Lipinski definition) is 3. The van der Waals surface area contributed by atoms with E-state index in [0.29, 0.717) is 22.0 Å². The zero-order valence-electron chi connectivity index (χ0n) is 8.20. The highest BCUT2D eigenvalue weighted by Gasteiger charge is 2.07. The summed E-state index contributed by atoms with van der Waals surface area (Å²) in [6, 6.07) is 4.90. The van der Waals surface area contributed by atoms with E-state index >= 15 is 0 Å². The van der Waals surface area contributed by atoms with Gasteiger partial charge in [-0.1, -0.05) is 11.6 Å². The molecule has 0 aliphatic rings. The van der Waals surface area contributed by atoms with Gasteiger partial charge in [0.2, 0.25) is 0 Å². The molecule has 0 radical (unpaired) electrons. The summed E-state index contributed by atoms with van der Waals surface area (Å²) in [5, 5.41) is 9.33. The van der Waals surface area contributed by atoms with Crippen LogP contribution in [0, 0.1) is 0 Å². The van der Waals surface area contributed by atoms with Crippen molar-refractivity contribution in [2.24, 2.45) is 0 Å². The monoisotopic (exact) mass is 236 g/mol. The van der Waals surface area contributed by atoms with Gasteiger partial charge in [0, 0.05) is 11.9 Å². The molecule has 2 rings (SSSR count). The fourth-order valence-electron chi connectivity index (χ4n) is 1.18. The lowest BCUT2D eigenvalue weighted by atomic mass is 10.2. The SMILES string of the molecule is Nc1ccc(NC(=O)c2cn[nH]c2)cc1Cl. The van der Waals surface area contributed by atoms with Gasteiger partial charge in [0.05, 0.1) is 22.5 Å². The van der Waals surface area contributed by atoms with E-state index in [2.05, 4.69) is 15.5 Å². The Labute approximate surface area is 96.6 Å². The van der Waals surface area contributed by atoms with Crippen molar-refractivity contribution in [1.82, 2.24) is 10.2 Å². The van der Waals surface area contributed by atoms with Gasteiger partial charge in [0.15, 0.2) is 0 Å². The van der Waals surface area contributed by atoms with Crippen LogP contribution in [0.5, 0.6) is 0 Å². The number of benzene rings is 1. The average molecular weight is 237 g/mol. The van der Waals surface area contributed by atoms with Crippen molar-refractivity contribution in [3.05, 3.63) is 41.2 Å². The Kier molecular flexibility index (Phi) is 2.78. The largest absolute Gasteiger partial charge is 0.398 e. The number of rotatable bonds is 2. The molecule has 2 aromatic rings. The van der Waals surface area contributed by atoms with Gasteiger partial charge in [-0.3, -0.25) is 9.89 Å². The van der Waals surface area contributed by atoms with Crippen molar-refractivity contribution in [3.63, 3.8) is 0 Å². The second-order valence-corrected chi connectivity index (χ2v) is 3.58. The molecule has 0 spiro atoms. The number of nitrogens with zero attached hydrogens (tertiary/aromatic N) is 1. The molecule has 1 heterocycles. The molecule has 0 saturated heterocycles. The maximum atomic E-state index is 11.6. The number of halogens is 1. The van der Waals surface area contributed by atoms with Crippen LogP contribution >= 0.6 is 11.6 Å². The quantitative estimate of drug-likeness (QED) is 0.697. The summed E-state index contributed by atoms with van der Waals surface area (Å²) in [6.07, 6.45) is 2.95. The molecule has 1 amide bonds. The third kappa shape index (κ3) is 2.14. The first-order valence-electron chi connectivity index (χ1n) is 4.52. The number of aromatic nitrogens is 2. The first kappa shape index (κ1) is 10.5. The summed E-state index contributed by atoms with van der Waals surface area (Å²) in [5.74, 6) is -0.255. The number of amides is 1. The Morgan fingerprint density at radius 2 is 2.31 bits per heavy atom. The fourth-order valence-corrected chi connectivity index (χ4v) is 1.36. The van der Waals surface area contributed by atoms with E-state index in [0.717, 1.165) is 0 Å². The Hall–Kier alpha value is -2.01. The normalized spacial score (nSPS) is 10.1. The van der Waals surface area contributed by atoms with Gasteiger partial charge in [0.1, 0.15) is 0 Å². The van der Waals surface area contributed by atoms with E-state index < -0.39 is 0 Å². The van der Waals surface area contributed by atoms with Crippen LogP contribution in [0.3, 0.4) is 0 Å². The molecule has 0 fully saturated rings. The van der Waals surface area contributed by atoms with Gasteiger partial charge in [-0.25, -0.2) is 0 Å². The minimum absolute atomic E-state index is 0.255. The van der Waals surface area contributed by atoms with Crippen LogP contribution in [0.15, 0.2) is 30.6 Å². The first-order valence-corrected chi connectivity index (χ1v) is 4.90. The summed E-state index contributed by atoms with van der Waals surface area (Å²) >= 11 is 5.83. The van der Waals surface area contributed by atoms with Crippen molar-refractivity contribution >= 4 is 28.9 Å². The molecule has 1 aromatic heterocycles. The molecular formula is C10H9ClN4O. The van der Waals surface area contributed by atoms with E-state index in [-0.39, 0.29) is 5.91 Å². The average Bonchev–Trinajstić information content (AvgIpc) is 2.77. The Morgan fingerprint density at radius 1 is 1.50 bits per heavy atom. The third-order valence-corrected chi connectivity index (χ3v) is 2.35. The topological polar surface area (TPSA) is 83.8 Å². The summed E-state index contributed by atoms with van der Waals surface area (Å²) in [7, 11) is 0. The molecule has 6 heteroatoms. The lowest BCUT2D eigenvalue weighted by Crippen LogP contribution is -2.10. The first-order chi connectivity index (χ1) is 7.66. The molecule has 0 unspecified atom stereocenters. The minimum atomic E-state index is -0.255. The summed E-state index contributed by atoms with van der Waals surface area (Å²) in [6.45, 7) is 0. The van der Waals surface area contributed by atoms with Crippen LogP contribution < -0.4 is 11.1 Å². The highest BCUT2D eigenvalue weighted by Crippen LogP contribution is 2.22. The van der Waals surface area contributed by atoms with Gasteiger partial charge in [-0.15, -0.1) is 0 Å². The molecule has 4 N–H and O–H groups in total. The lowest BCUT2D eigenvalue weighted by molar-refractivity contribution is 0.102. The summed E-state index contributed by atoms with van der Waals surface area (Å²) in [4.78, 5) is 11.6. The minimum Gasteiger partial charge on any atom is -0.398 e. The van der Waals surface area contributed by atoms with Gasteiger partial charge in [0.25, 0.3) is 5.91 Å². The van der Waals surface area contributed by atoms with Crippen molar-refractivity contribution in [2.45, 2.75) is 0 Å². The predicted molar refractivity (Wildman–Crippen MR) is 62.4 cm³/mol. The maximum absolute atomic E-state index is 11.6. The van der Waals surface area contributed by atoms with Crippen molar-refractivity contribution < 1.29 is 4.79 Å². The molecule has 5 nitrogen and oxygen atoms in total. The number of nitrogens with two attached hydrogens (primary N) is 1. The Morgan fingerprint density at radius 3 is 2.94 bits per heavy atom. The van der Waals surface area contributed by atoms with Crippen LogP contribution in [0.2, 0.25) is 5.02 Å². The fraction of sp³-hybridized carbons (Fsp3) is 0. The van der Waals surface area contributed by atoms with E-state index in [9.17, 15) is 4.79 Å². The Balaban J connectivity index is 2.15. The molecule has 0 bridgehead atoms. The zero-order valence-corrected chi connectivity index (χ0v) is 8.95. The number of H-pyrrole nitrogens is 1. The molecule has 0 aliphatic heterocycles. The van der Waals surface area contributed by atoms with Gasteiger partial charge in [-0.2, -0.15) is 5.10 Å². The van der Waals surface area contributed by atoms with Gasteiger partial charge in [-0.05, 0) is 18.2 Å². The Bertz CT molecular complexity index is 510. The standard InChI is InChI=1S/C10H9ClN4O/c11-8-3-7(1-2-9(8)12)15-10(16)6-4-13-14-5-6/h1-5H,12H2,(H,13,14)(H,15,16). The zero-order chi connectivity index (χ0) is 11.5. The number of anilines is 2.